The van der Waals surface area contributed by atoms with E-state index in [0.717, 1.165) is 23.1 Å². The van der Waals surface area contributed by atoms with Crippen LogP contribution >= 0.6 is 23.2 Å². The maximum absolute atomic E-state index is 11.9. The van der Waals surface area contributed by atoms with Crippen molar-refractivity contribution in [3.63, 3.8) is 0 Å². The fourth-order valence-electron chi connectivity index (χ4n) is 3.41. The lowest BCUT2D eigenvalue weighted by Gasteiger charge is -2.11. The number of H-pyrrole nitrogens is 1. The van der Waals surface area contributed by atoms with Crippen LogP contribution in [0.1, 0.15) is 43.1 Å². The maximum atomic E-state index is 11.9. The molecular weight excluding hydrogens is 381 g/mol. The number of halogens is 2. The average molecular weight is 402 g/mol. The second-order valence-electron chi connectivity index (χ2n) is 6.78. The second-order valence-corrected chi connectivity index (χ2v) is 7.56. The van der Waals surface area contributed by atoms with Crippen molar-refractivity contribution < 1.29 is 9.90 Å². The number of alkyl halides is 1. The molecule has 0 atom stereocenters. The Kier molecular flexibility index (Phi) is 5.64. The van der Waals surface area contributed by atoms with Gasteiger partial charge in [-0.25, -0.2) is 0 Å². The molecule has 0 saturated heterocycles. The Balaban J connectivity index is 2.10. The zero-order chi connectivity index (χ0) is 19.7. The molecule has 140 valence electrons. The standard InChI is InChI=1S/C22H21Cl2NO2/c1-12(2)16(8-9-23)14-4-6-15(7-5-14)17-10-18-20(11-19(17)24)25-22(27)21(18)13(3)26/h4-7,10-11,25,27H,8-9H2,1-3H3. The quantitative estimate of drug-likeness (QED) is 0.363. The molecule has 1 aromatic heterocycles. The van der Waals surface area contributed by atoms with Crippen molar-refractivity contribution in [2.24, 2.45) is 0 Å². The Morgan fingerprint density at radius 3 is 2.33 bits per heavy atom. The van der Waals surface area contributed by atoms with Crippen molar-refractivity contribution in [2.75, 3.05) is 5.88 Å². The van der Waals surface area contributed by atoms with Crippen LogP contribution in [0.3, 0.4) is 0 Å². The number of Topliss-reactive ketones (excluding diaryl/α,β-unsaturated/α-hetero) is 1. The van der Waals surface area contributed by atoms with E-state index in [1.54, 1.807) is 6.07 Å². The van der Waals surface area contributed by atoms with Crippen LogP contribution in [0.2, 0.25) is 5.02 Å². The Morgan fingerprint density at radius 2 is 1.78 bits per heavy atom. The minimum absolute atomic E-state index is 0.129. The highest BCUT2D eigenvalue weighted by molar-refractivity contribution is 6.34. The van der Waals surface area contributed by atoms with Gasteiger partial charge in [0.15, 0.2) is 5.78 Å². The Hall–Kier alpha value is -2.23. The summed E-state index contributed by atoms with van der Waals surface area (Å²) in [7, 11) is 0. The molecule has 0 spiro atoms. The highest BCUT2D eigenvalue weighted by Crippen LogP contribution is 2.37. The summed E-state index contributed by atoms with van der Waals surface area (Å²) in [5.41, 5.74) is 6.31. The molecule has 0 aliphatic carbocycles. The third kappa shape index (κ3) is 3.76. The molecule has 1 heterocycles. The SMILES string of the molecule is CC(=O)c1c(O)[nH]c2cc(Cl)c(-c3ccc(C(CCCl)=C(C)C)cc3)cc12. The fourth-order valence-corrected chi connectivity index (χ4v) is 3.87. The molecule has 5 heteroatoms. The molecule has 0 saturated carbocycles. The summed E-state index contributed by atoms with van der Waals surface area (Å²) in [5, 5.41) is 11.2. The topological polar surface area (TPSA) is 53.1 Å². The van der Waals surface area contributed by atoms with E-state index in [0.29, 0.717) is 21.8 Å². The molecule has 27 heavy (non-hydrogen) atoms. The molecule has 0 aliphatic rings. The van der Waals surface area contributed by atoms with Gasteiger partial charge in [0.25, 0.3) is 0 Å². The van der Waals surface area contributed by atoms with E-state index in [1.165, 1.54) is 18.1 Å². The van der Waals surface area contributed by atoms with Gasteiger partial charge in [-0.15, -0.1) is 11.6 Å². The van der Waals surface area contributed by atoms with E-state index >= 15 is 0 Å². The van der Waals surface area contributed by atoms with Crippen molar-refractivity contribution in [3.8, 4) is 17.0 Å². The summed E-state index contributed by atoms with van der Waals surface area (Å²) in [6.45, 7) is 5.60. The van der Waals surface area contributed by atoms with Crippen LogP contribution in [0.5, 0.6) is 5.88 Å². The molecule has 0 unspecified atom stereocenters. The number of aromatic nitrogens is 1. The van der Waals surface area contributed by atoms with E-state index in [2.05, 4.69) is 31.0 Å². The molecule has 2 N–H and O–H groups in total. The fraction of sp³-hybridized carbons (Fsp3) is 0.227. The number of rotatable bonds is 5. The first-order chi connectivity index (χ1) is 12.8. The van der Waals surface area contributed by atoms with Crippen LogP contribution in [0, 0.1) is 0 Å². The Labute approximate surface area is 168 Å². The van der Waals surface area contributed by atoms with E-state index in [4.69, 9.17) is 23.2 Å². The Morgan fingerprint density at radius 1 is 1.11 bits per heavy atom. The molecule has 0 aliphatic heterocycles. The average Bonchev–Trinajstić information content (AvgIpc) is 2.93. The molecule has 3 aromatic rings. The first kappa shape index (κ1) is 19.5. The predicted molar refractivity (Wildman–Crippen MR) is 114 cm³/mol. The number of nitrogens with one attached hydrogen (secondary N) is 1. The van der Waals surface area contributed by atoms with Crippen molar-refractivity contribution in [1.29, 1.82) is 0 Å². The zero-order valence-corrected chi connectivity index (χ0v) is 17.0. The van der Waals surface area contributed by atoms with E-state index in [9.17, 15) is 9.90 Å². The first-order valence-corrected chi connectivity index (χ1v) is 9.63. The van der Waals surface area contributed by atoms with Crippen molar-refractivity contribution in [1.82, 2.24) is 4.98 Å². The number of hydrogen-bond acceptors (Lipinski definition) is 2. The lowest BCUT2D eigenvalue weighted by molar-refractivity contribution is 0.101. The number of fused-ring (bicyclic) bond motifs is 1. The number of aromatic hydroxyl groups is 1. The van der Waals surface area contributed by atoms with E-state index in [-0.39, 0.29) is 17.2 Å². The maximum Gasteiger partial charge on any atom is 0.200 e. The van der Waals surface area contributed by atoms with Gasteiger partial charge in [-0.05, 0) is 56.0 Å². The normalized spacial score (nSPS) is 11.0. The number of carbonyl (C=O) groups is 1. The third-order valence-corrected chi connectivity index (χ3v) is 5.21. The predicted octanol–water partition coefficient (Wildman–Crippen LogP) is 6.82. The van der Waals surface area contributed by atoms with Crippen LogP contribution in [-0.4, -0.2) is 21.8 Å². The number of allylic oxidation sites excluding steroid dienone is 2. The lowest BCUT2D eigenvalue weighted by Crippen LogP contribution is -1.91. The molecule has 0 bridgehead atoms. The largest absolute Gasteiger partial charge is 0.494 e. The summed E-state index contributed by atoms with van der Waals surface area (Å²) in [5.74, 6) is 0.252. The van der Waals surface area contributed by atoms with Crippen LogP contribution in [-0.2, 0) is 0 Å². The minimum Gasteiger partial charge on any atom is -0.494 e. The zero-order valence-electron chi connectivity index (χ0n) is 15.5. The first-order valence-electron chi connectivity index (χ1n) is 8.71. The molecule has 2 aromatic carbocycles. The monoisotopic (exact) mass is 401 g/mol. The van der Waals surface area contributed by atoms with Gasteiger partial charge < -0.3 is 10.1 Å². The van der Waals surface area contributed by atoms with Gasteiger partial charge in [0.1, 0.15) is 0 Å². The summed E-state index contributed by atoms with van der Waals surface area (Å²) in [4.78, 5) is 14.7. The molecule has 3 rings (SSSR count). The summed E-state index contributed by atoms with van der Waals surface area (Å²) in [6, 6.07) is 11.7. The summed E-state index contributed by atoms with van der Waals surface area (Å²) < 4.78 is 0. The van der Waals surface area contributed by atoms with Crippen LogP contribution in [0.4, 0.5) is 0 Å². The Bertz CT molecular complexity index is 1040. The molecular formula is C22H21Cl2NO2. The van der Waals surface area contributed by atoms with E-state index in [1.807, 2.05) is 18.2 Å². The van der Waals surface area contributed by atoms with Gasteiger partial charge in [-0.2, -0.15) is 0 Å². The number of ketones is 1. The van der Waals surface area contributed by atoms with Crippen LogP contribution < -0.4 is 0 Å². The van der Waals surface area contributed by atoms with Crippen LogP contribution in [0.25, 0.3) is 27.6 Å². The van der Waals surface area contributed by atoms with Gasteiger partial charge in [0.2, 0.25) is 5.88 Å². The number of aromatic amines is 1. The molecule has 0 radical (unpaired) electrons. The highest BCUT2D eigenvalue weighted by atomic mass is 35.5. The van der Waals surface area contributed by atoms with Crippen LogP contribution in [0.15, 0.2) is 42.0 Å². The second kappa shape index (κ2) is 7.79. The number of carbonyl (C=O) groups excluding carboxylic acids is 1. The smallest absolute Gasteiger partial charge is 0.200 e. The van der Waals surface area contributed by atoms with Crippen molar-refractivity contribution in [2.45, 2.75) is 27.2 Å². The van der Waals surface area contributed by atoms with E-state index < -0.39 is 0 Å². The third-order valence-electron chi connectivity index (χ3n) is 4.71. The van der Waals surface area contributed by atoms with Crippen molar-refractivity contribution in [3.05, 3.63) is 58.1 Å². The summed E-state index contributed by atoms with van der Waals surface area (Å²) in [6.07, 6.45) is 0.820. The van der Waals surface area contributed by atoms with Crippen molar-refractivity contribution >= 4 is 45.5 Å². The highest BCUT2D eigenvalue weighted by Gasteiger charge is 2.17. The lowest BCUT2D eigenvalue weighted by atomic mass is 9.95. The van der Waals surface area contributed by atoms with Gasteiger partial charge in [0, 0.05) is 16.8 Å². The van der Waals surface area contributed by atoms with Gasteiger partial charge >= 0.3 is 0 Å². The molecule has 0 amide bonds. The van der Waals surface area contributed by atoms with Gasteiger partial charge in [-0.1, -0.05) is 41.4 Å². The van der Waals surface area contributed by atoms with Gasteiger partial charge in [-0.3, -0.25) is 4.79 Å². The summed E-state index contributed by atoms with van der Waals surface area (Å²) >= 11 is 12.4. The minimum atomic E-state index is -0.198. The van der Waals surface area contributed by atoms with Gasteiger partial charge in [0.05, 0.1) is 16.1 Å². The molecule has 3 nitrogen and oxygen atoms in total. The molecule has 0 fully saturated rings. The number of benzene rings is 2. The number of hydrogen-bond donors (Lipinski definition) is 2.